The van der Waals surface area contributed by atoms with E-state index in [1.54, 1.807) is 0 Å². The quantitative estimate of drug-likeness (QED) is 0.838. The summed E-state index contributed by atoms with van der Waals surface area (Å²) >= 11 is 0. The molecule has 1 heterocycles. The Hall–Kier alpha value is -1.71. The number of nitrogens with zero attached hydrogens (tertiary/aromatic N) is 2. The molecule has 1 aromatic heterocycles. The first-order chi connectivity index (χ1) is 9.79. The minimum atomic E-state index is 0.920. The minimum absolute atomic E-state index is 0.920. The van der Waals surface area contributed by atoms with Gasteiger partial charge < -0.3 is 5.32 Å². The molecule has 0 atom stereocenters. The Morgan fingerprint density at radius 2 is 1.85 bits per heavy atom. The third kappa shape index (κ3) is 4.44. The van der Waals surface area contributed by atoms with Gasteiger partial charge in [-0.3, -0.25) is 9.88 Å². The number of nitrogens with one attached hydrogen (secondary N) is 1. The van der Waals surface area contributed by atoms with Crippen molar-refractivity contribution in [3.63, 3.8) is 0 Å². The Bertz CT molecular complexity index is 511. The van der Waals surface area contributed by atoms with Crippen LogP contribution >= 0.6 is 0 Å². The van der Waals surface area contributed by atoms with Gasteiger partial charge in [0.25, 0.3) is 0 Å². The Morgan fingerprint density at radius 1 is 1.05 bits per heavy atom. The van der Waals surface area contributed by atoms with Crippen molar-refractivity contribution in [3.05, 3.63) is 65.5 Å². The Morgan fingerprint density at radius 3 is 2.55 bits per heavy atom. The number of rotatable bonds is 7. The van der Waals surface area contributed by atoms with Gasteiger partial charge in [0.1, 0.15) is 0 Å². The fraction of sp³-hybridized carbons (Fsp3) is 0.353. The standard InChI is InChI=1S/C17H23N3/c1-3-18-12-16-8-4-5-9-17(16)14-20(2)13-15-7-6-10-19-11-15/h4-11,18H,3,12-14H2,1-2H3. The van der Waals surface area contributed by atoms with Crippen molar-refractivity contribution in [2.24, 2.45) is 0 Å². The number of aromatic nitrogens is 1. The molecule has 106 valence electrons. The van der Waals surface area contributed by atoms with Crippen LogP contribution in [0.3, 0.4) is 0 Å². The van der Waals surface area contributed by atoms with Crippen molar-refractivity contribution < 1.29 is 0 Å². The van der Waals surface area contributed by atoms with E-state index < -0.39 is 0 Å². The summed E-state index contributed by atoms with van der Waals surface area (Å²) in [5.74, 6) is 0. The molecular formula is C17H23N3. The Balaban J connectivity index is 1.98. The summed E-state index contributed by atoms with van der Waals surface area (Å²) in [6, 6.07) is 12.7. The van der Waals surface area contributed by atoms with Crippen molar-refractivity contribution in [1.29, 1.82) is 0 Å². The van der Waals surface area contributed by atoms with Crippen LogP contribution in [0.2, 0.25) is 0 Å². The second kappa shape index (κ2) is 7.78. The summed E-state index contributed by atoms with van der Waals surface area (Å²) in [5, 5.41) is 3.40. The van der Waals surface area contributed by atoms with Crippen molar-refractivity contribution in [1.82, 2.24) is 15.2 Å². The van der Waals surface area contributed by atoms with Gasteiger partial charge >= 0.3 is 0 Å². The fourth-order valence-electron chi connectivity index (χ4n) is 2.29. The van der Waals surface area contributed by atoms with Gasteiger partial charge in [-0.05, 0) is 36.3 Å². The first-order valence-electron chi connectivity index (χ1n) is 7.14. The predicted octanol–water partition coefficient (Wildman–Crippen LogP) is 2.82. The molecule has 0 bridgehead atoms. The molecule has 0 aliphatic heterocycles. The van der Waals surface area contributed by atoms with Gasteiger partial charge in [-0.2, -0.15) is 0 Å². The maximum atomic E-state index is 4.17. The molecule has 2 aromatic rings. The lowest BCUT2D eigenvalue weighted by Crippen LogP contribution is -2.20. The van der Waals surface area contributed by atoms with E-state index >= 15 is 0 Å². The second-order valence-corrected chi connectivity index (χ2v) is 5.08. The predicted molar refractivity (Wildman–Crippen MR) is 83.2 cm³/mol. The highest BCUT2D eigenvalue weighted by molar-refractivity contribution is 5.27. The highest BCUT2D eigenvalue weighted by atomic mass is 15.1. The molecule has 1 N–H and O–H groups in total. The molecule has 0 saturated carbocycles. The van der Waals surface area contributed by atoms with Crippen LogP contribution in [0.15, 0.2) is 48.8 Å². The molecule has 0 radical (unpaired) electrons. The molecule has 3 heteroatoms. The van der Waals surface area contributed by atoms with Crippen LogP contribution in [0.25, 0.3) is 0 Å². The molecule has 3 nitrogen and oxygen atoms in total. The molecule has 0 aliphatic carbocycles. The largest absolute Gasteiger partial charge is 0.313 e. The van der Waals surface area contributed by atoms with Gasteiger partial charge in [0.05, 0.1) is 0 Å². The fourth-order valence-corrected chi connectivity index (χ4v) is 2.29. The Labute approximate surface area is 121 Å². The summed E-state index contributed by atoms with van der Waals surface area (Å²) in [5.41, 5.74) is 4.02. The number of hydrogen-bond donors (Lipinski definition) is 1. The summed E-state index contributed by atoms with van der Waals surface area (Å²) in [4.78, 5) is 6.49. The molecule has 20 heavy (non-hydrogen) atoms. The summed E-state index contributed by atoms with van der Waals surface area (Å²) in [6.45, 7) is 5.95. The zero-order chi connectivity index (χ0) is 14.2. The molecular weight excluding hydrogens is 246 g/mol. The third-order valence-corrected chi connectivity index (χ3v) is 3.30. The summed E-state index contributed by atoms with van der Waals surface area (Å²) < 4.78 is 0. The van der Waals surface area contributed by atoms with Gasteiger partial charge in [-0.1, -0.05) is 37.3 Å². The van der Waals surface area contributed by atoms with Crippen LogP contribution in [-0.2, 0) is 19.6 Å². The lowest BCUT2D eigenvalue weighted by molar-refractivity contribution is 0.317. The lowest BCUT2D eigenvalue weighted by Gasteiger charge is -2.19. The first kappa shape index (κ1) is 14.7. The van der Waals surface area contributed by atoms with E-state index in [9.17, 15) is 0 Å². The molecule has 1 aromatic carbocycles. The number of benzene rings is 1. The molecule has 0 saturated heterocycles. The van der Waals surface area contributed by atoms with E-state index in [1.165, 1.54) is 16.7 Å². The molecule has 0 spiro atoms. The van der Waals surface area contributed by atoms with Crippen LogP contribution in [0.1, 0.15) is 23.6 Å². The van der Waals surface area contributed by atoms with Crippen LogP contribution in [0.4, 0.5) is 0 Å². The normalized spacial score (nSPS) is 10.9. The molecule has 0 amide bonds. The Kier molecular flexibility index (Phi) is 5.71. The second-order valence-electron chi connectivity index (χ2n) is 5.08. The van der Waals surface area contributed by atoms with Gasteiger partial charge in [-0.25, -0.2) is 0 Å². The zero-order valence-electron chi connectivity index (χ0n) is 12.3. The van der Waals surface area contributed by atoms with Gasteiger partial charge in [-0.15, -0.1) is 0 Å². The number of pyridine rings is 1. The van der Waals surface area contributed by atoms with Crippen molar-refractivity contribution in [3.8, 4) is 0 Å². The molecule has 0 unspecified atom stereocenters. The van der Waals surface area contributed by atoms with Crippen molar-refractivity contribution in [2.75, 3.05) is 13.6 Å². The third-order valence-electron chi connectivity index (χ3n) is 3.30. The summed E-state index contributed by atoms with van der Waals surface area (Å²) in [6.07, 6.45) is 3.75. The van der Waals surface area contributed by atoms with E-state index in [4.69, 9.17) is 0 Å². The van der Waals surface area contributed by atoms with Gasteiger partial charge in [0.2, 0.25) is 0 Å². The van der Waals surface area contributed by atoms with E-state index in [2.05, 4.69) is 59.5 Å². The first-order valence-corrected chi connectivity index (χ1v) is 7.14. The maximum Gasteiger partial charge on any atom is 0.0312 e. The van der Waals surface area contributed by atoms with Gasteiger partial charge in [0.15, 0.2) is 0 Å². The lowest BCUT2D eigenvalue weighted by atomic mass is 10.1. The highest BCUT2D eigenvalue weighted by Gasteiger charge is 2.05. The highest BCUT2D eigenvalue weighted by Crippen LogP contribution is 2.12. The topological polar surface area (TPSA) is 28.2 Å². The molecule has 0 fully saturated rings. The minimum Gasteiger partial charge on any atom is -0.313 e. The van der Waals surface area contributed by atoms with Crippen molar-refractivity contribution >= 4 is 0 Å². The molecule has 0 aliphatic rings. The van der Waals surface area contributed by atoms with Crippen LogP contribution < -0.4 is 5.32 Å². The van der Waals surface area contributed by atoms with E-state index in [0.29, 0.717) is 0 Å². The van der Waals surface area contributed by atoms with Gasteiger partial charge in [0, 0.05) is 32.0 Å². The number of hydrogen-bond acceptors (Lipinski definition) is 3. The van der Waals surface area contributed by atoms with E-state index in [1.807, 2.05) is 18.5 Å². The monoisotopic (exact) mass is 269 g/mol. The molecule has 2 rings (SSSR count). The average molecular weight is 269 g/mol. The summed E-state index contributed by atoms with van der Waals surface area (Å²) in [7, 11) is 2.15. The average Bonchev–Trinajstić information content (AvgIpc) is 2.47. The van der Waals surface area contributed by atoms with Crippen LogP contribution in [0, 0.1) is 0 Å². The van der Waals surface area contributed by atoms with E-state index in [0.717, 1.165) is 26.2 Å². The maximum absolute atomic E-state index is 4.17. The SMILES string of the molecule is CCNCc1ccccc1CN(C)Cc1cccnc1. The van der Waals surface area contributed by atoms with Crippen LogP contribution in [-0.4, -0.2) is 23.5 Å². The smallest absolute Gasteiger partial charge is 0.0312 e. The van der Waals surface area contributed by atoms with Crippen LogP contribution in [0.5, 0.6) is 0 Å². The van der Waals surface area contributed by atoms with E-state index in [-0.39, 0.29) is 0 Å². The zero-order valence-corrected chi connectivity index (χ0v) is 12.3. The van der Waals surface area contributed by atoms with Crippen molar-refractivity contribution in [2.45, 2.75) is 26.6 Å².